The zero-order valence-electron chi connectivity index (χ0n) is 10.4. The third kappa shape index (κ3) is 2.82. The fraction of sp³-hybridized carbons (Fsp3) is 0.267. The van der Waals surface area contributed by atoms with Gasteiger partial charge in [-0.2, -0.15) is 0 Å². The molecule has 0 atom stereocenters. The predicted octanol–water partition coefficient (Wildman–Crippen LogP) is 3.95. The monoisotopic (exact) mass is 261 g/mol. The van der Waals surface area contributed by atoms with Crippen LogP contribution in [0.25, 0.3) is 0 Å². The van der Waals surface area contributed by atoms with E-state index in [4.69, 9.17) is 11.6 Å². The van der Waals surface area contributed by atoms with Gasteiger partial charge in [-0.05, 0) is 36.2 Å². The molecule has 2 rings (SSSR count). The Bertz CT molecular complexity index is 528. The van der Waals surface area contributed by atoms with E-state index < -0.39 is 0 Å². The number of halogens is 1. The molecule has 0 saturated heterocycles. The molecule has 94 valence electrons. The van der Waals surface area contributed by atoms with Crippen LogP contribution in [0.1, 0.15) is 35.1 Å². The van der Waals surface area contributed by atoms with Crippen LogP contribution in [0.3, 0.4) is 0 Å². The molecule has 0 radical (unpaired) electrons. The largest absolute Gasteiger partial charge is 0.338 e. The van der Waals surface area contributed by atoms with Crippen LogP contribution in [0.15, 0.2) is 36.4 Å². The lowest BCUT2D eigenvalue weighted by Crippen LogP contribution is -2.07. The predicted molar refractivity (Wildman–Crippen MR) is 74.4 cm³/mol. The second kappa shape index (κ2) is 5.87. The van der Waals surface area contributed by atoms with Gasteiger partial charge in [0, 0.05) is 17.3 Å². The topological polar surface area (TPSA) is 22.0 Å². The quantitative estimate of drug-likeness (QED) is 0.747. The van der Waals surface area contributed by atoms with Crippen molar-refractivity contribution in [3.63, 3.8) is 0 Å². The number of rotatable bonds is 5. The summed E-state index contributed by atoms with van der Waals surface area (Å²) in [5.41, 5.74) is 3.08. The number of hydrogen-bond acceptors (Lipinski definition) is 1. The molecule has 0 unspecified atom stereocenters. The molecule has 2 aromatic rings. The summed E-state index contributed by atoms with van der Waals surface area (Å²) in [7, 11) is 0. The van der Waals surface area contributed by atoms with E-state index in [-0.39, 0.29) is 0 Å². The van der Waals surface area contributed by atoms with Gasteiger partial charge in [0.15, 0.2) is 6.29 Å². The lowest BCUT2D eigenvalue weighted by Gasteiger charge is -2.11. The number of aryl methyl sites for hydroxylation is 1. The van der Waals surface area contributed by atoms with Gasteiger partial charge in [0.25, 0.3) is 0 Å². The molecular weight excluding hydrogens is 246 g/mol. The fourth-order valence-corrected chi connectivity index (χ4v) is 2.20. The summed E-state index contributed by atoms with van der Waals surface area (Å²) >= 11 is 5.87. The molecule has 0 aliphatic rings. The van der Waals surface area contributed by atoms with Crippen LogP contribution in [-0.2, 0) is 13.0 Å². The highest BCUT2D eigenvalue weighted by Crippen LogP contribution is 2.15. The van der Waals surface area contributed by atoms with Crippen LogP contribution in [0, 0.1) is 0 Å². The van der Waals surface area contributed by atoms with Gasteiger partial charge in [-0.15, -0.1) is 0 Å². The zero-order valence-corrected chi connectivity index (χ0v) is 11.2. The first-order chi connectivity index (χ1) is 8.74. The van der Waals surface area contributed by atoms with E-state index in [0.717, 1.165) is 35.4 Å². The van der Waals surface area contributed by atoms with Crippen molar-refractivity contribution in [2.45, 2.75) is 26.3 Å². The van der Waals surface area contributed by atoms with Crippen molar-refractivity contribution in [3.8, 4) is 0 Å². The maximum atomic E-state index is 11.0. The van der Waals surface area contributed by atoms with Gasteiger partial charge in [-0.1, -0.05) is 37.1 Å². The Morgan fingerprint density at radius 3 is 2.50 bits per heavy atom. The van der Waals surface area contributed by atoms with Crippen LogP contribution in [0.4, 0.5) is 0 Å². The number of nitrogens with zero attached hydrogens (tertiary/aromatic N) is 1. The minimum Gasteiger partial charge on any atom is -0.338 e. The number of carbonyl (C=O) groups is 1. The van der Waals surface area contributed by atoms with E-state index in [2.05, 4.69) is 11.5 Å². The number of benzene rings is 1. The minimum atomic E-state index is 0.716. The molecule has 0 fully saturated rings. The van der Waals surface area contributed by atoms with Crippen molar-refractivity contribution in [2.75, 3.05) is 0 Å². The van der Waals surface area contributed by atoms with E-state index in [1.54, 1.807) is 0 Å². The van der Waals surface area contributed by atoms with Crippen molar-refractivity contribution in [1.29, 1.82) is 0 Å². The van der Waals surface area contributed by atoms with Crippen molar-refractivity contribution in [1.82, 2.24) is 4.57 Å². The van der Waals surface area contributed by atoms with Gasteiger partial charge in [0.2, 0.25) is 0 Å². The van der Waals surface area contributed by atoms with Gasteiger partial charge in [-0.25, -0.2) is 0 Å². The zero-order chi connectivity index (χ0) is 13.0. The van der Waals surface area contributed by atoms with Crippen molar-refractivity contribution in [2.24, 2.45) is 0 Å². The number of carbonyl (C=O) groups excluding carboxylic acids is 1. The molecule has 0 aliphatic heterocycles. The van der Waals surface area contributed by atoms with Crippen LogP contribution in [-0.4, -0.2) is 10.9 Å². The third-order valence-corrected chi connectivity index (χ3v) is 3.24. The molecule has 1 aromatic carbocycles. The molecule has 0 spiro atoms. The normalized spacial score (nSPS) is 10.6. The standard InChI is InChI=1S/C15H16ClNO/c1-2-3-14-8-9-15(11-18)17(14)10-12-4-6-13(16)7-5-12/h4-9,11H,2-3,10H2,1H3. The van der Waals surface area contributed by atoms with Gasteiger partial charge in [0.05, 0.1) is 5.69 Å². The molecule has 0 saturated carbocycles. The van der Waals surface area contributed by atoms with Crippen LogP contribution in [0.2, 0.25) is 5.02 Å². The molecule has 0 N–H and O–H groups in total. The Hall–Kier alpha value is -1.54. The van der Waals surface area contributed by atoms with Gasteiger partial charge < -0.3 is 4.57 Å². The summed E-state index contributed by atoms with van der Waals surface area (Å²) in [6.45, 7) is 2.85. The number of aldehydes is 1. The van der Waals surface area contributed by atoms with Crippen molar-refractivity contribution >= 4 is 17.9 Å². The van der Waals surface area contributed by atoms with E-state index in [9.17, 15) is 4.79 Å². The Morgan fingerprint density at radius 2 is 1.89 bits per heavy atom. The molecule has 1 heterocycles. The highest BCUT2D eigenvalue weighted by molar-refractivity contribution is 6.30. The van der Waals surface area contributed by atoms with Crippen molar-refractivity contribution in [3.05, 3.63) is 58.4 Å². The summed E-state index contributed by atoms with van der Waals surface area (Å²) in [6.07, 6.45) is 2.97. The second-order valence-corrected chi connectivity index (χ2v) is 4.77. The van der Waals surface area contributed by atoms with Gasteiger partial charge in [0.1, 0.15) is 0 Å². The van der Waals surface area contributed by atoms with Gasteiger partial charge >= 0.3 is 0 Å². The Labute approximate surface area is 112 Å². The summed E-state index contributed by atoms with van der Waals surface area (Å²) in [6, 6.07) is 11.7. The second-order valence-electron chi connectivity index (χ2n) is 4.33. The molecule has 2 nitrogen and oxygen atoms in total. The van der Waals surface area contributed by atoms with Gasteiger partial charge in [-0.3, -0.25) is 4.79 Å². The molecular formula is C15H16ClNO. The van der Waals surface area contributed by atoms with E-state index >= 15 is 0 Å². The maximum Gasteiger partial charge on any atom is 0.166 e. The van der Waals surface area contributed by atoms with Crippen molar-refractivity contribution < 1.29 is 4.79 Å². The number of aromatic nitrogens is 1. The molecule has 0 bridgehead atoms. The first-order valence-electron chi connectivity index (χ1n) is 6.12. The number of hydrogen-bond donors (Lipinski definition) is 0. The Kier molecular flexibility index (Phi) is 4.21. The van der Waals surface area contributed by atoms with Crippen LogP contribution < -0.4 is 0 Å². The SMILES string of the molecule is CCCc1ccc(C=O)n1Cc1ccc(Cl)cc1. The summed E-state index contributed by atoms with van der Waals surface area (Å²) in [4.78, 5) is 11.0. The van der Waals surface area contributed by atoms with E-state index in [0.29, 0.717) is 6.54 Å². The highest BCUT2D eigenvalue weighted by atomic mass is 35.5. The summed E-state index contributed by atoms with van der Waals surface area (Å²) < 4.78 is 2.07. The molecule has 0 aliphatic carbocycles. The van der Waals surface area contributed by atoms with Crippen LogP contribution >= 0.6 is 11.6 Å². The fourth-order valence-electron chi connectivity index (χ4n) is 2.07. The lowest BCUT2D eigenvalue weighted by atomic mass is 10.2. The first kappa shape index (κ1) is 12.9. The summed E-state index contributed by atoms with van der Waals surface area (Å²) in [5, 5.41) is 0.732. The maximum absolute atomic E-state index is 11.0. The van der Waals surface area contributed by atoms with E-state index in [1.807, 2.05) is 36.4 Å². The Morgan fingerprint density at radius 1 is 1.17 bits per heavy atom. The molecule has 3 heteroatoms. The molecule has 1 aromatic heterocycles. The first-order valence-corrected chi connectivity index (χ1v) is 6.50. The van der Waals surface area contributed by atoms with Crippen LogP contribution in [0.5, 0.6) is 0 Å². The minimum absolute atomic E-state index is 0.716. The average Bonchev–Trinajstić information content (AvgIpc) is 2.75. The summed E-state index contributed by atoms with van der Waals surface area (Å²) in [5.74, 6) is 0. The average molecular weight is 262 g/mol. The van der Waals surface area contributed by atoms with E-state index in [1.165, 1.54) is 5.69 Å². The molecule has 18 heavy (non-hydrogen) atoms. The Balaban J connectivity index is 2.28. The smallest absolute Gasteiger partial charge is 0.166 e. The third-order valence-electron chi connectivity index (χ3n) is 2.99. The lowest BCUT2D eigenvalue weighted by molar-refractivity contribution is 0.111. The highest BCUT2D eigenvalue weighted by Gasteiger charge is 2.07. The molecule has 0 amide bonds.